The Labute approximate surface area is 86.1 Å². The molecule has 0 bridgehead atoms. The second-order valence-corrected chi connectivity index (χ2v) is 3.17. The van der Waals surface area contributed by atoms with Crippen molar-refractivity contribution < 1.29 is 14.3 Å². The van der Waals surface area contributed by atoms with Gasteiger partial charge in [-0.3, -0.25) is 0 Å². The summed E-state index contributed by atoms with van der Waals surface area (Å²) in [6, 6.07) is 0. The van der Waals surface area contributed by atoms with E-state index >= 15 is 0 Å². The second-order valence-electron chi connectivity index (χ2n) is 3.17. The molecule has 0 amide bonds. The number of rotatable bonds is 8. The largest absolute Gasteiger partial charge is 0.463 e. The van der Waals surface area contributed by atoms with Crippen LogP contribution in [-0.2, 0) is 14.3 Å². The summed E-state index contributed by atoms with van der Waals surface area (Å²) in [5.41, 5.74) is 0. The Balaban J connectivity index is 3.14. The van der Waals surface area contributed by atoms with Crippen molar-refractivity contribution in [1.82, 2.24) is 0 Å². The van der Waals surface area contributed by atoms with E-state index in [-0.39, 0.29) is 5.97 Å². The molecule has 0 saturated heterocycles. The van der Waals surface area contributed by atoms with Gasteiger partial charge in [0.2, 0.25) is 0 Å². The van der Waals surface area contributed by atoms with Crippen LogP contribution in [0.2, 0.25) is 0 Å². The van der Waals surface area contributed by atoms with Gasteiger partial charge in [0, 0.05) is 12.7 Å². The topological polar surface area (TPSA) is 35.5 Å². The molecule has 0 aliphatic carbocycles. The van der Waals surface area contributed by atoms with Gasteiger partial charge in [0.1, 0.15) is 0 Å². The molecule has 0 spiro atoms. The maximum atomic E-state index is 10.6. The molecule has 1 atom stereocenters. The fourth-order valence-corrected chi connectivity index (χ4v) is 0.838. The van der Waals surface area contributed by atoms with Crippen LogP contribution in [0.15, 0.2) is 12.7 Å². The van der Waals surface area contributed by atoms with Crippen LogP contribution in [-0.4, -0.2) is 25.3 Å². The van der Waals surface area contributed by atoms with Crippen molar-refractivity contribution in [3.05, 3.63) is 12.7 Å². The first-order valence-corrected chi connectivity index (χ1v) is 5.11. The molecule has 1 unspecified atom stereocenters. The molecule has 3 nitrogen and oxygen atoms in total. The van der Waals surface area contributed by atoms with Crippen LogP contribution in [0.25, 0.3) is 0 Å². The van der Waals surface area contributed by atoms with E-state index in [4.69, 9.17) is 9.47 Å². The number of carbonyl (C=O) groups excluding carboxylic acids is 1. The van der Waals surface area contributed by atoms with Gasteiger partial charge in [-0.1, -0.05) is 13.5 Å². The highest BCUT2D eigenvalue weighted by Crippen LogP contribution is 1.99. The first-order valence-electron chi connectivity index (χ1n) is 5.11. The van der Waals surface area contributed by atoms with E-state index in [1.807, 2.05) is 0 Å². The van der Waals surface area contributed by atoms with Crippen molar-refractivity contribution in [1.29, 1.82) is 0 Å². The molecular weight excluding hydrogens is 180 g/mol. The average Bonchev–Trinajstić information content (AvgIpc) is 2.22. The monoisotopic (exact) mass is 200 g/mol. The van der Waals surface area contributed by atoms with Gasteiger partial charge < -0.3 is 9.47 Å². The molecule has 0 aromatic heterocycles. The van der Waals surface area contributed by atoms with Crippen LogP contribution in [0, 0.1) is 0 Å². The number of esters is 1. The van der Waals surface area contributed by atoms with E-state index < -0.39 is 0 Å². The first-order chi connectivity index (χ1) is 6.70. The minimum atomic E-state index is -0.354. The van der Waals surface area contributed by atoms with Crippen molar-refractivity contribution in [2.45, 2.75) is 39.2 Å². The summed E-state index contributed by atoms with van der Waals surface area (Å²) >= 11 is 0. The minimum absolute atomic E-state index is 0.325. The summed E-state index contributed by atoms with van der Waals surface area (Å²) < 4.78 is 10.3. The minimum Gasteiger partial charge on any atom is -0.463 e. The zero-order valence-electron chi connectivity index (χ0n) is 9.12. The molecule has 0 aromatic carbocycles. The fourth-order valence-electron chi connectivity index (χ4n) is 0.838. The number of hydrogen-bond donors (Lipinski definition) is 0. The predicted molar refractivity (Wildman–Crippen MR) is 56.1 cm³/mol. The lowest BCUT2D eigenvalue weighted by atomic mass is 10.3. The molecule has 0 heterocycles. The average molecular weight is 200 g/mol. The van der Waals surface area contributed by atoms with Gasteiger partial charge in [0.25, 0.3) is 0 Å². The maximum absolute atomic E-state index is 10.6. The van der Waals surface area contributed by atoms with Gasteiger partial charge in [-0.15, -0.1) is 0 Å². The molecule has 0 radical (unpaired) electrons. The van der Waals surface area contributed by atoms with Gasteiger partial charge >= 0.3 is 5.97 Å². The Hall–Kier alpha value is -0.830. The molecule has 0 aromatic rings. The Kier molecular flexibility index (Phi) is 8.24. The molecule has 0 saturated carbocycles. The van der Waals surface area contributed by atoms with Gasteiger partial charge in [-0.05, 0) is 26.2 Å². The third-order valence-electron chi connectivity index (χ3n) is 1.93. The van der Waals surface area contributed by atoms with Crippen LogP contribution in [0.1, 0.15) is 33.1 Å². The van der Waals surface area contributed by atoms with Gasteiger partial charge in [0.05, 0.1) is 12.7 Å². The summed E-state index contributed by atoms with van der Waals surface area (Å²) in [4.78, 5) is 10.6. The predicted octanol–water partition coefficient (Wildman–Crippen LogP) is 2.31. The summed E-state index contributed by atoms with van der Waals surface area (Å²) in [6.07, 6.45) is 4.30. The molecule has 3 heteroatoms. The Morgan fingerprint density at radius 2 is 2.07 bits per heavy atom. The Morgan fingerprint density at radius 3 is 2.64 bits per heavy atom. The van der Waals surface area contributed by atoms with E-state index in [1.54, 1.807) is 0 Å². The quantitative estimate of drug-likeness (QED) is 0.342. The Morgan fingerprint density at radius 1 is 1.43 bits per heavy atom. The van der Waals surface area contributed by atoms with E-state index in [9.17, 15) is 4.79 Å². The third kappa shape index (κ3) is 7.80. The van der Waals surface area contributed by atoms with Crippen LogP contribution < -0.4 is 0 Å². The highest BCUT2D eigenvalue weighted by Gasteiger charge is 1.98. The van der Waals surface area contributed by atoms with E-state index in [0.29, 0.717) is 12.7 Å². The Bertz CT molecular complexity index is 166. The molecule has 82 valence electrons. The van der Waals surface area contributed by atoms with Crippen LogP contribution in [0.4, 0.5) is 0 Å². The van der Waals surface area contributed by atoms with Gasteiger partial charge in [0.15, 0.2) is 0 Å². The first kappa shape index (κ1) is 13.2. The van der Waals surface area contributed by atoms with Crippen LogP contribution >= 0.6 is 0 Å². The second kappa shape index (κ2) is 8.75. The lowest BCUT2D eigenvalue weighted by Crippen LogP contribution is -2.08. The molecular formula is C11H20O3. The van der Waals surface area contributed by atoms with Crippen LogP contribution in [0.5, 0.6) is 0 Å². The highest BCUT2D eigenvalue weighted by molar-refractivity contribution is 5.81. The molecule has 0 aliphatic heterocycles. The number of carbonyl (C=O) groups is 1. The third-order valence-corrected chi connectivity index (χ3v) is 1.93. The molecule has 0 fully saturated rings. The molecule has 0 rings (SSSR count). The molecule has 0 N–H and O–H groups in total. The molecule has 14 heavy (non-hydrogen) atoms. The maximum Gasteiger partial charge on any atom is 0.330 e. The van der Waals surface area contributed by atoms with Crippen molar-refractivity contribution in [3.63, 3.8) is 0 Å². The zero-order valence-corrected chi connectivity index (χ0v) is 9.12. The van der Waals surface area contributed by atoms with E-state index in [2.05, 4.69) is 20.4 Å². The smallest absolute Gasteiger partial charge is 0.330 e. The number of unbranched alkanes of at least 4 members (excludes halogenated alkanes) is 1. The highest BCUT2D eigenvalue weighted by atomic mass is 16.5. The fraction of sp³-hybridized carbons (Fsp3) is 0.727. The standard InChI is InChI=1S/C11H20O3/c1-4-10(3)13-8-6-7-9-14-11(12)5-2/h5,10H,2,4,6-9H2,1,3H3. The van der Waals surface area contributed by atoms with Crippen LogP contribution in [0.3, 0.4) is 0 Å². The summed E-state index contributed by atoms with van der Waals surface area (Å²) in [7, 11) is 0. The summed E-state index contributed by atoms with van der Waals surface area (Å²) in [5.74, 6) is -0.354. The number of hydrogen-bond acceptors (Lipinski definition) is 3. The number of ether oxygens (including phenoxy) is 2. The van der Waals surface area contributed by atoms with Crippen molar-refractivity contribution >= 4 is 5.97 Å². The normalized spacial score (nSPS) is 12.1. The van der Waals surface area contributed by atoms with Crippen molar-refractivity contribution in [2.75, 3.05) is 13.2 Å². The lowest BCUT2D eigenvalue weighted by molar-refractivity contribution is -0.137. The SMILES string of the molecule is C=CC(=O)OCCCCOC(C)CC. The van der Waals surface area contributed by atoms with Crippen molar-refractivity contribution in [2.24, 2.45) is 0 Å². The summed E-state index contributed by atoms with van der Waals surface area (Å²) in [5, 5.41) is 0. The van der Waals surface area contributed by atoms with E-state index in [0.717, 1.165) is 25.9 Å². The van der Waals surface area contributed by atoms with Crippen molar-refractivity contribution in [3.8, 4) is 0 Å². The van der Waals surface area contributed by atoms with E-state index in [1.165, 1.54) is 6.08 Å². The zero-order chi connectivity index (χ0) is 10.8. The van der Waals surface area contributed by atoms with Gasteiger partial charge in [-0.2, -0.15) is 0 Å². The molecule has 0 aliphatic rings. The lowest BCUT2D eigenvalue weighted by Gasteiger charge is -2.09. The van der Waals surface area contributed by atoms with Gasteiger partial charge in [-0.25, -0.2) is 4.79 Å². The summed E-state index contributed by atoms with van der Waals surface area (Å²) in [6.45, 7) is 8.65.